The summed E-state index contributed by atoms with van der Waals surface area (Å²) in [5, 5.41) is 5.39. The molecule has 0 saturated carbocycles. The maximum atomic E-state index is 12.5. The van der Waals surface area contributed by atoms with E-state index in [9.17, 15) is 19.2 Å². The van der Waals surface area contributed by atoms with Crippen LogP contribution in [0.1, 0.15) is 50.4 Å². The molecule has 25 heavy (non-hydrogen) atoms. The summed E-state index contributed by atoms with van der Waals surface area (Å²) in [4.78, 5) is 49.3. The number of Topliss-reactive ketones (excluding diaryl/α,β-unsaturated/α-hetero) is 1. The number of imide groups is 1. The molecule has 1 aliphatic heterocycles. The van der Waals surface area contributed by atoms with Gasteiger partial charge in [0.1, 0.15) is 5.54 Å². The van der Waals surface area contributed by atoms with Gasteiger partial charge in [-0.2, -0.15) is 0 Å². The molecule has 134 valence electrons. The summed E-state index contributed by atoms with van der Waals surface area (Å²) in [7, 11) is 0. The molecule has 0 atom stereocenters. The van der Waals surface area contributed by atoms with Gasteiger partial charge in [-0.1, -0.05) is 20.8 Å². The van der Waals surface area contributed by atoms with Crippen LogP contribution < -0.4 is 10.6 Å². The maximum Gasteiger partial charge on any atom is 0.325 e. The van der Waals surface area contributed by atoms with E-state index >= 15 is 0 Å². The van der Waals surface area contributed by atoms with Crippen LogP contribution in [-0.2, 0) is 9.59 Å². The Bertz CT molecular complexity index is 693. The van der Waals surface area contributed by atoms with E-state index < -0.39 is 11.6 Å². The zero-order chi connectivity index (χ0) is 18.6. The molecule has 0 aromatic heterocycles. The lowest BCUT2D eigenvalue weighted by molar-refractivity contribution is -0.131. The minimum Gasteiger partial charge on any atom is -0.326 e. The van der Waals surface area contributed by atoms with Crippen LogP contribution in [-0.4, -0.2) is 40.6 Å². The summed E-state index contributed by atoms with van der Waals surface area (Å²) in [5.74, 6) is -0.809. The molecular formula is C18H23N3O4. The predicted octanol–water partition coefficient (Wildman–Crippen LogP) is 2.33. The number of hydrogen-bond donors (Lipinski definition) is 2. The Labute approximate surface area is 146 Å². The van der Waals surface area contributed by atoms with E-state index in [1.165, 1.54) is 0 Å². The molecule has 0 spiro atoms. The van der Waals surface area contributed by atoms with Crippen molar-refractivity contribution < 1.29 is 19.2 Å². The molecule has 1 saturated heterocycles. The second-order valence-electron chi connectivity index (χ2n) is 6.01. The highest BCUT2D eigenvalue weighted by atomic mass is 16.2. The van der Waals surface area contributed by atoms with E-state index in [-0.39, 0.29) is 24.1 Å². The SMILES string of the molecule is CCC(=O)Nc1ccc(C(=O)CN2C(=O)NC(CC)(CC)C2=O)cc1. The summed E-state index contributed by atoms with van der Waals surface area (Å²) in [6, 6.07) is 5.84. The van der Waals surface area contributed by atoms with Crippen molar-refractivity contribution in [2.45, 2.75) is 45.6 Å². The zero-order valence-electron chi connectivity index (χ0n) is 14.7. The van der Waals surface area contributed by atoms with Gasteiger partial charge in [-0.25, -0.2) is 4.79 Å². The summed E-state index contributed by atoms with van der Waals surface area (Å²) in [6.07, 6.45) is 1.32. The Balaban J connectivity index is 2.08. The molecule has 1 aromatic carbocycles. The van der Waals surface area contributed by atoms with E-state index in [1.54, 1.807) is 31.2 Å². The van der Waals surface area contributed by atoms with E-state index in [0.717, 1.165) is 4.90 Å². The predicted molar refractivity (Wildman–Crippen MR) is 93.3 cm³/mol. The smallest absolute Gasteiger partial charge is 0.325 e. The van der Waals surface area contributed by atoms with Crippen LogP contribution in [0.4, 0.5) is 10.5 Å². The van der Waals surface area contributed by atoms with Gasteiger partial charge in [0.05, 0.1) is 6.54 Å². The van der Waals surface area contributed by atoms with E-state index in [2.05, 4.69) is 10.6 Å². The number of nitrogens with zero attached hydrogens (tertiary/aromatic N) is 1. The number of carbonyl (C=O) groups is 4. The van der Waals surface area contributed by atoms with Gasteiger partial charge in [0, 0.05) is 17.7 Å². The lowest BCUT2D eigenvalue weighted by Crippen LogP contribution is -2.46. The standard InChI is InChI=1S/C18H23N3O4/c1-4-15(23)19-13-9-7-12(8-10-13)14(22)11-21-16(24)18(5-2,6-3)20-17(21)25/h7-10H,4-6,11H2,1-3H3,(H,19,23)(H,20,25). The topological polar surface area (TPSA) is 95.6 Å². The van der Waals surface area contributed by atoms with Crippen LogP contribution in [0.3, 0.4) is 0 Å². The van der Waals surface area contributed by atoms with Gasteiger partial charge in [-0.3, -0.25) is 19.3 Å². The van der Waals surface area contributed by atoms with Crippen molar-refractivity contribution >= 4 is 29.3 Å². The highest BCUT2D eigenvalue weighted by molar-refractivity contribution is 6.11. The average molecular weight is 345 g/mol. The van der Waals surface area contributed by atoms with Crippen LogP contribution >= 0.6 is 0 Å². The quantitative estimate of drug-likeness (QED) is 0.585. The molecule has 0 aliphatic carbocycles. The van der Waals surface area contributed by atoms with Crippen molar-refractivity contribution in [2.24, 2.45) is 0 Å². The molecule has 0 radical (unpaired) electrons. The van der Waals surface area contributed by atoms with Crippen LogP contribution in [0, 0.1) is 0 Å². The number of ketones is 1. The largest absolute Gasteiger partial charge is 0.326 e. The highest BCUT2D eigenvalue weighted by Gasteiger charge is 2.49. The third kappa shape index (κ3) is 3.70. The first-order valence-corrected chi connectivity index (χ1v) is 8.44. The van der Waals surface area contributed by atoms with Gasteiger partial charge in [-0.15, -0.1) is 0 Å². The fourth-order valence-electron chi connectivity index (χ4n) is 2.77. The molecule has 2 rings (SSSR count). The summed E-state index contributed by atoms with van der Waals surface area (Å²) >= 11 is 0. The number of nitrogens with one attached hydrogen (secondary N) is 2. The Kier molecular flexibility index (Phi) is 5.56. The van der Waals surface area contributed by atoms with Crippen LogP contribution in [0.25, 0.3) is 0 Å². The number of hydrogen-bond acceptors (Lipinski definition) is 4. The van der Waals surface area contributed by atoms with Gasteiger partial charge in [0.25, 0.3) is 5.91 Å². The molecule has 1 heterocycles. The first-order chi connectivity index (χ1) is 11.9. The van der Waals surface area contributed by atoms with E-state index in [0.29, 0.717) is 30.5 Å². The third-order valence-corrected chi connectivity index (χ3v) is 4.57. The lowest BCUT2D eigenvalue weighted by atomic mass is 9.93. The van der Waals surface area contributed by atoms with Crippen molar-refractivity contribution in [2.75, 3.05) is 11.9 Å². The Morgan fingerprint density at radius 2 is 1.68 bits per heavy atom. The van der Waals surface area contributed by atoms with Gasteiger partial charge in [0.15, 0.2) is 5.78 Å². The second-order valence-corrected chi connectivity index (χ2v) is 6.01. The molecule has 4 amide bonds. The van der Waals surface area contributed by atoms with Crippen molar-refractivity contribution in [3.63, 3.8) is 0 Å². The second kappa shape index (κ2) is 7.46. The van der Waals surface area contributed by atoms with Crippen molar-refractivity contribution in [3.8, 4) is 0 Å². The van der Waals surface area contributed by atoms with E-state index in [4.69, 9.17) is 0 Å². The van der Waals surface area contributed by atoms with Crippen molar-refractivity contribution in [1.29, 1.82) is 0 Å². The molecule has 0 unspecified atom stereocenters. The minimum atomic E-state index is -0.911. The molecular weight excluding hydrogens is 322 g/mol. The van der Waals surface area contributed by atoms with Crippen LogP contribution in [0.2, 0.25) is 0 Å². The van der Waals surface area contributed by atoms with Gasteiger partial charge in [-0.05, 0) is 37.1 Å². The maximum absolute atomic E-state index is 12.5. The van der Waals surface area contributed by atoms with Gasteiger partial charge >= 0.3 is 6.03 Å². The summed E-state index contributed by atoms with van der Waals surface area (Å²) in [6.45, 7) is 5.11. The Morgan fingerprint density at radius 3 is 2.16 bits per heavy atom. The number of rotatable bonds is 7. The molecule has 0 bridgehead atoms. The Morgan fingerprint density at radius 1 is 1.08 bits per heavy atom. The third-order valence-electron chi connectivity index (χ3n) is 4.57. The fourth-order valence-corrected chi connectivity index (χ4v) is 2.77. The minimum absolute atomic E-state index is 0.117. The first-order valence-electron chi connectivity index (χ1n) is 8.44. The van der Waals surface area contributed by atoms with Crippen molar-refractivity contribution in [1.82, 2.24) is 10.2 Å². The Hall–Kier alpha value is -2.70. The summed E-state index contributed by atoms with van der Waals surface area (Å²) in [5.41, 5.74) is 0.0565. The zero-order valence-corrected chi connectivity index (χ0v) is 14.7. The van der Waals surface area contributed by atoms with E-state index in [1.807, 2.05) is 13.8 Å². The molecule has 2 N–H and O–H groups in total. The number of amides is 4. The van der Waals surface area contributed by atoms with Gasteiger partial charge in [0.2, 0.25) is 5.91 Å². The fraction of sp³-hybridized carbons (Fsp3) is 0.444. The van der Waals surface area contributed by atoms with Crippen LogP contribution in [0.15, 0.2) is 24.3 Å². The number of urea groups is 1. The van der Waals surface area contributed by atoms with Crippen molar-refractivity contribution in [3.05, 3.63) is 29.8 Å². The number of carbonyl (C=O) groups excluding carboxylic acids is 4. The molecule has 1 aromatic rings. The molecule has 7 nitrogen and oxygen atoms in total. The average Bonchev–Trinajstić information content (AvgIpc) is 2.86. The monoisotopic (exact) mass is 345 g/mol. The first kappa shape index (κ1) is 18.6. The molecule has 1 fully saturated rings. The molecule has 7 heteroatoms. The normalized spacial score (nSPS) is 15.9. The highest BCUT2D eigenvalue weighted by Crippen LogP contribution is 2.25. The number of benzene rings is 1. The molecule has 1 aliphatic rings. The van der Waals surface area contributed by atoms with Crippen LogP contribution in [0.5, 0.6) is 0 Å². The summed E-state index contributed by atoms with van der Waals surface area (Å²) < 4.78 is 0. The lowest BCUT2D eigenvalue weighted by Gasteiger charge is -2.22. The van der Waals surface area contributed by atoms with Gasteiger partial charge < -0.3 is 10.6 Å². The number of anilines is 1.